The van der Waals surface area contributed by atoms with Crippen LogP contribution in [0, 0.1) is 11.2 Å². The molecule has 0 radical (unpaired) electrons. The lowest BCUT2D eigenvalue weighted by Gasteiger charge is -2.50. The summed E-state index contributed by atoms with van der Waals surface area (Å²) in [5, 5.41) is 16.6. The lowest BCUT2D eigenvalue weighted by Crippen LogP contribution is -2.61. The summed E-state index contributed by atoms with van der Waals surface area (Å²) in [4.78, 5) is 30.4. The van der Waals surface area contributed by atoms with E-state index < -0.39 is 34.7 Å². The van der Waals surface area contributed by atoms with Crippen LogP contribution in [-0.4, -0.2) is 33.5 Å². The second-order valence-corrected chi connectivity index (χ2v) is 10.9. The third-order valence-electron chi connectivity index (χ3n) is 7.93. The summed E-state index contributed by atoms with van der Waals surface area (Å²) in [6.07, 6.45) is 4.05. The number of carbonyl (C=O) groups excluding carboxylic acids is 1. The van der Waals surface area contributed by atoms with E-state index >= 15 is 4.39 Å². The first-order chi connectivity index (χ1) is 15.5. The second-order valence-electron chi connectivity index (χ2n) is 10.1. The van der Waals surface area contributed by atoms with Gasteiger partial charge in [0.25, 0.3) is 0 Å². The number of benzene rings is 1. The lowest BCUT2D eigenvalue weighted by molar-refractivity contribution is -0.139. The highest BCUT2D eigenvalue weighted by Gasteiger charge is 2.73. The molecule has 1 aromatic carbocycles. The molecule has 1 aliphatic carbocycles. The van der Waals surface area contributed by atoms with E-state index in [-0.39, 0.29) is 22.0 Å². The first kappa shape index (κ1) is 22.6. The van der Waals surface area contributed by atoms with Crippen LogP contribution >= 0.6 is 23.2 Å². The number of halogens is 3. The summed E-state index contributed by atoms with van der Waals surface area (Å²) in [7, 11) is 0. The molecule has 33 heavy (non-hydrogen) atoms. The van der Waals surface area contributed by atoms with Crippen molar-refractivity contribution in [1.82, 2.24) is 10.3 Å². The summed E-state index contributed by atoms with van der Waals surface area (Å²) in [5.74, 6) is -3.35. The quantitative estimate of drug-likeness (QED) is 0.519. The molecular weight excluding hydrogens is 468 g/mol. The van der Waals surface area contributed by atoms with E-state index in [9.17, 15) is 14.7 Å². The predicted octanol–water partition coefficient (Wildman–Crippen LogP) is 4.90. The van der Waals surface area contributed by atoms with Crippen LogP contribution in [0.4, 0.5) is 10.1 Å². The molecule has 6 nitrogen and oxygen atoms in total. The van der Waals surface area contributed by atoms with Gasteiger partial charge in [-0.05, 0) is 60.4 Å². The molecule has 0 bridgehead atoms. The Labute approximate surface area is 200 Å². The Morgan fingerprint density at radius 1 is 1.18 bits per heavy atom. The molecule has 3 heterocycles. The number of hydrogen-bond donors (Lipinski definition) is 3. The van der Waals surface area contributed by atoms with Crippen LogP contribution in [0.25, 0.3) is 0 Å². The minimum atomic E-state index is -1.36. The van der Waals surface area contributed by atoms with Crippen molar-refractivity contribution in [3.05, 3.63) is 57.6 Å². The number of rotatable bonds is 2. The number of carboxylic acids is 1. The number of nitrogens with one attached hydrogen (secondary N) is 2. The number of pyridine rings is 1. The van der Waals surface area contributed by atoms with E-state index in [4.69, 9.17) is 23.2 Å². The molecule has 1 amide bonds. The number of fused-ring (bicyclic) bond motifs is 3. The van der Waals surface area contributed by atoms with Crippen molar-refractivity contribution in [2.24, 2.45) is 5.41 Å². The number of amides is 1. The molecule has 3 N–H and O–H groups in total. The minimum Gasteiger partial charge on any atom is -0.480 e. The number of anilines is 1. The predicted molar refractivity (Wildman–Crippen MR) is 123 cm³/mol. The fourth-order valence-corrected chi connectivity index (χ4v) is 6.65. The van der Waals surface area contributed by atoms with Crippen LogP contribution in [0.2, 0.25) is 10.2 Å². The Hall–Kier alpha value is -2.22. The van der Waals surface area contributed by atoms with Gasteiger partial charge in [0.2, 0.25) is 5.91 Å². The molecule has 0 unspecified atom stereocenters. The average molecular weight is 492 g/mol. The first-order valence-corrected chi connectivity index (χ1v) is 11.7. The highest BCUT2D eigenvalue weighted by molar-refractivity contribution is 6.31. The van der Waals surface area contributed by atoms with Crippen molar-refractivity contribution in [2.75, 3.05) is 5.32 Å². The van der Waals surface area contributed by atoms with E-state index in [2.05, 4.69) is 29.5 Å². The van der Waals surface area contributed by atoms with Crippen LogP contribution in [0.1, 0.15) is 56.6 Å². The van der Waals surface area contributed by atoms with Crippen LogP contribution in [0.3, 0.4) is 0 Å². The Morgan fingerprint density at radius 3 is 2.55 bits per heavy atom. The van der Waals surface area contributed by atoms with Crippen molar-refractivity contribution in [1.29, 1.82) is 0 Å². The van der Waals surface area contributed by atoms with Crippen molar-refractivity contribution >= 4 is 40.8 Å². The van der Waals surface area contributed by atoms with Crippen molar-refractivity contribution < 1.29 is 19.1 Å². The molecule has 2 fully saturated rings. The van der Waals surface area contributed by atoms with Crippen molar-refractivity contribution in [3.8, 4) is 0 Å². The minimum absolute atomic E-state index is 0.0497. The maximum atomic E-state index is 15.4. The number of carbonyl (C=O) groups is 2. The average Bonchev–Trinajstić information content (AvgIpc) is 3.20. The smallest absolute Gasteiger partial charge is 0.321 e. The molecule has 1 aromatic heterocycles. The first-order valence-electron chi connectivity index (χ1n) is 10.9. The van der Waals surface area contributed by atoms with Gasteiger partial charge in [-0.25, -0.2) is 9.37 Å². The van der Waals surface area contributed by atoms with E-state index in [0.717, 1.165) is 12.8 Å². The van der Waals surface area contributed by atoms with Gasteiger partial charge in [-0.3, -0.25) is 14.9 Å². The Bertz CT molecular complexity index is 1180. The summed E-state index contributed by atoms with van der Waals surface area (Å²) in [5.41, 5.74) is -0.983. The van der Waals surface area contributed by atoms with Gasteiger partial charge >= 0.3 is 5.97 Å². The third kappa shape index (κ3) is 3.05. The van der Waals surface area contributed by atoms with Gasteiger partial charge in [-0.1, -0.05) is 43.1 Å². The SMILES string of the molecule is CC1(C)CCC2(CC1)N[C@H](C(=O)O)[C@@H](c1ccnc(Cl)c1F)[C@@]21C(=O)Nc2cc(Cl)ccc21. The van der Waals surface area contributed by atoms with Gasteiger partial charge in [0, 0.05) is 28.4 Å². The molecule has 2 aromatic rings. The Balaban J connectivity index is 1.83. The lowest BCUT2D eigenvalue weighted by atomic mass is 9.53. The van der Waals surface area contributed by atoms with Crippen molar-refractivity contribution in [3.63, 3.8) is 0 Å². The standard InChI is InChI=1S/C24H24Cl2FN3O3/c1-22(2)6-8-23(9-7-22)24(14-4-3-12(25)11-15(14)29-21(24)33)16(18(30-23)20(31)32)13-5-10-28-19(26)17(13)27/h3-5,10-11,16,18,30H,6-9H2,1-2H3,(H,29,33)(H,31,32)/t16-,18+,24+/m1/s1. The highest BCUT2D eigenvalue weighted by atomic mass is 35.5. The van der Waals surface area contributed by atoms with Gasteiger partial charge in [-0.2, -0.15) is 0 Å². The highest BCUT2D eigenvalue weighted by Crippen LogP contribution is 2.63. The largest absolute Gasteiger partial charge is 0.480 e. The number of carboxylic acid groups (broad SMARTS) is 1. The maximum absolute atomic E-state index is 15.4. The number of nitrogens with zero attached hydrogens (tertiary/aromatic N) is 1. The third-order valence-corrected chi connectivity index (χ3v) is 8.43. The number of aromatic nitrogens is 1. The topological polar surface area (TPSA) is 91.3 Å². The summed E-state index contributed by atoms with van der Waals surface area (Å²) >= 11 is 12.2. The summed E-state index contributed by atoms with van der Waals surface area (Å²) in [6, 6.07) is 5.33. The maximum Gasteiger partial charge on any atom is 0.321 e. The van der Waals surface area contributed by atoms with Gasteiger partial charge in [0.1, 0.15) is 11.5 Å². The summed E-state index contributed by atoms with van der Waals surface area (Å²) < 4.78 is 15.4. The molecule has 5 rings (SSSR count). The molecule has 1 saturated carbocycles. The molecule has 174 valence electrons. The second kappa shape index (κ2) is 7.39. The molecule has 9 heteroatoms. The fourth-order valence-electron chi connectivity index (χ4n) is 6.31. The van der Waals surface area contributed by atoms with Gasteiger partial charge in [0.15, 0.2) is 11.0 Å². The van der Waals surface area contributed by atoms with E-state index in [0.29, 0.717) is 29.1 Å². The number of hydrogen-bond acceptors (Lipinski definition) is 4. The van der Waals surface area contributed by atoms with Crippen LogP contribution in [0.15, 0.2) is 30.5 Å². The molecule has 3 atom stereocenters. The Kier molecular flexibility index (Phi) is 5.05. The zero-order chi connectivity index (χ0) is 23.8. The van der Waals surface area contributed by atoms with Gasteiger partial charge < -0.3 is 10.4 Å². The zero-order valence-electron chi connectivity index (χ0n) is 18.2. The van der Waals surface area contributed by atoms with E-state index in [1.165, 1.54) is 12.3 Å². The normalized spacial score (nSPS) is 29.3. The molecule has 2 aliphatic heterocycles. The van der Waals surface area contributed by atoms with Gasteiger partial charge in [-0.15, -0.1) is 0 Å². The van der Waals surface area contributed by atoms with E-state index in [1.54, 1.807) is 18.2 Å². The van der Waals surface area contributed by atoms with Gasteiger partial charge in [0.05, 0.1) is 0 Å². The zero-order valence-corrected chi connectivity index (χ0v) is 19.7. The van der Waals surface area contributed by atoms with E-state index in [1.807, 2.05) is 0 Å². The Morgan fingerprint density at radius 2 is 1.88 bits per heavy atom. The van der Waals surface area contributed by atoms with Crippen LogP contribution in [0.5, 0.6) is 0 Å². The molecular formula is C24H24Cl2FN3O3. The van der Waals surface area contributed by atoms with Crippen LogP contribution < -0.4 is 10.6 Å². The molecule has 3 aliphatic rings. The number of aliphatic carboxylic acids is 1. The fraction of sp³-hybridized carbons (Fsp3) is 0.458. The molecule has 2 spiro atoms. The monoisotopic (exact) mass is 491 g/mol. The summed E-state index contributed by atoms with van der Waals surface area (Å²) in [6.45, 7) is 4.33. The van der Waals surface area contributed by atoms with Crippen LogP contribution in [-0.2, 0) is 15.0 Å². The van der Waals surface area contributed by atoms with Crippen molar-refractivity contribution in [2.45, 2.75) is 62.4 Å². The molecule has 1 saturated heterocycles.